The van der Waals surface area contributed by atoms with Gasteiger partial charge in [-0.25, -0.2) is 0 Å². The lowest BCUT2D eigenvalue weighted by Gasteiger charge is -2.40. The third-order valence-electron chi connectivity index (χ3n) is 5.17. The van der Waals surface area contributed by atoms with Crippen LogP contribution in [-0.2, 0) is 6.42 Å². The molecule has 1 nitrogen and oxygen atoms in total. The number of hydrogen-bond acceptors (Lipinski definition) is 2. The zero-order chi connectivity index (χ0) is 14.7. The molecule has 1 aromatic rings. The highest BCUT2D eigenvalue weighted by Crippen LogP contribution is 2.47. The van der Waals surface area contributed by atoms with Crippen LogP contribution in [-0.4, -0.2) is 17.8 Å². The standard InChI is InChI=1S/C19H29NS/c1-15(2)20-14-19(10-6-3-7-11-19)13-17-12-16-8-4-5-9-18(16)21-17/h4-5,8-9,15,17,20H,3,6-7,10-14H2,1-2H3. The van der Waals surface area contributed by atoms with E-state index in [1.807, 2.05) is 0 Å². The van der Waals surface area contributed by atoms with Gasteiger partial charge in [-0.3, -0.25) is 0 Å². The Hall–Kier alpha value is -0.470. The van der Waals surface area contributed by atoms with E-state index >= 15 is 0 Å². The number of benzene rings is 1. The fourth-order valence-corrected chi connectivity index (χ4v) is 5.54. The summed E-state index contributed by atoms with van der Waals surface area (Å²) in [6, 6.07) is 9.61. The molecule has 0 aromatic heterocycles. The van der Waals surface area contributed by atoms with Crippen molar-refractivity contribution in [3.63, 3.8) is 0 Å². The lowest BCUT2D eigenvalue weighted by molar-refractivity contribution is 0.162. The average molecular weight is 304 g/mol. The first-order valence-electron chi connectivity index (χ1n) is 8.65. The van der Waals surface area contributed by atoms with Crippen molar-refractivity contribution in [1.82, 2.24) is 5.32 Å². The summed E-state index contributed by atoms with van der Waals surface area (Å²) in [5.74, 6) is 0. The molecule has 2 aliphatic rings. The molecule has 116 valence electrons. The van der Waals surface area contributed by atoms with Crippen LogP contribution in [0.1, 0.15) is 57.9 Å². The first kappa shape index (κ1) is 15.4. The number of hydrogen-bond donors (Lipinski definition) is 1. The van der Waals surface area contributed by atoms with E-state index in [4.69, 9.17) is 0 Å². The van der Waals surface area contributed by atoms with E-state index in [0.717, 1.165) is 5.25 Å². The minimum Gasteiger partial charge on any atom is -0.314 e. The Morgan fingerprint density at radius 3 is 2.67 bits per heavy atom. The van der Waals surface area contributed by atoms with Crippen LogP contribution >= 0.6 is 11.8 Å². The van der Waals surface area contributed by atoms with Crippen molar-refractivity contribution in [2.24, 2.45) is 5.41 Å². The normalized spacial score (nSPS) is 24.2. The van der Waals surface area contributed by atoms with E-state index in [2.05, 4.69) is 55.2 Å². The maximum atomic E-state index is 3.74. The first-order valence-corrected chi connectivity index (χ1v) is 9.53. The van der Waals surface area contributed by atoms with Gasteiger partial charge in [-0.2, -0.15) is 0 Å². The zero-order valence-corrected chi connectivity index (χ0v) is 14.3. The largest absolute Gasteiger partial charge is 0.314 e. The summed E-state index contributed by atoms with van der Waals surface area (Å²) in [5, 5.41) is 4.54. The highest BCUT2D eigenvalue weighted by Gasteiger charge is 2.36. The second kappa shape index (κ2) is 6.75. The summed E-state index contributed by atoms with van der Waals surface area (Å²) in [7, 11) is 0. The molecule has 1 heterocycles. The third kappa shape index (κ3) is 3.84. The van der Waals surface area contributed by atoms with Gasteiger partial charge in [0.25, 0.3) is 0 Å². The molecule has 0 bridgehead atoms. The summed E-state index contributed by atoms with van der Waals surface area (Å²) in [6.45, 7) is 5.77. The molecule has 1 unspecified atom stereocenters. The van der Waals surface area contributed by atoms with Gasteiger partial charge in [0.15, 0.2) is 0 Å². The molecule has 0 radical (unpaired) electrons. The Bertz CT molecular complexity index is 437. The van der Waals surface area contributed by atoms with Crippen LogP contribution in [0.15, 0.2) is 29.2 Å². The smallest absolute Gasteiger partial charge is 0.0141 e. The summed E-state index contributed by atoms with van der Waals surface area (Å²) < 4.78 is 0. The molecular formula is C19H29NS. The molecular weight excluding hydrogens is 274 g/mol. The van der Waals surface area contributed by atoms with E-state index in [0.29, 0.717) is 11.5 Å². The Kier molecular flexibility index (Phi) is 4.96. The van der Waals surface area contributed by atoms with Crippen LogP contribution in [0.4, 0.5) is 0 Å². The molecule has 21 heavy (non-hydrogen) atoms. The maximum absolute atomic E-state index is 3.74. The fraction of sp³-hybridized carbons (Fsp3) is 0.684. The first-order chi connectivity index (χ1) is 10.2. The van der Waals surface area contributed by atoms with Crippen LogP contribution in [0.3, 0.4) is 0 Å². The topological polar surface area (TPSA) is 12.0 Å². The van der Waals surface area contributed by atoms with Crippen LogP contribution in [0.5, 0.6) is 0 Å². The number of nitrogens with one attached hydrogen (secondary N) is 1. The molecule has 1 aliphatic heterocycles. The maximum Gasteiger partial charge on any atom is 0.0141 e. The highest BCUT2D eigenvalue weighted by atomic mass is 32.2. The summed E-state index contributed by atoms with van der Waals surface area (Å²) in [4.78, 5) is 1.53. The summed E-state index contributed by atoms with van der Waals surface area (Å²) in [5.41, 5.74) is 2.14. The van der Waals surface area contributed by atoms with Crippen LogP contribution in [0, 0.1) is 5.41 Å². The third-order valence-corrected chi connectivity index (χ3v) is 6.49. The quantitative estimate of drug-likeness (QED) is 0.817. The van der Waals surface area contributed by atoms with Gasteiger partial charge in [0.2, 0.25) is 0 Å². The molecule has 3 rings (SSSR count). The number of thioether (sulfide) groups is 1. The van der Waals surface area contributed by atoms with Crippen molar-refractivity contribution in [2.45, 2.75) is 75.0 Å². The van der Waals surface area contributed by atoms with E-state index in [-0.39, 0.29) is 0 Å². The predicted octanol–water partition coefficient (Wildman–Crippen LogP) is 5.04. The Balaban J connectivity index is 1.65. The molecule has 1 aliphatic carbocycles. The number of fused-ring (bicyclic) bond motifs is 1. The molecule has 0 spiro atoms. The Morgan fingerprint density at radius 1 is 1.19 bits per heavy atom. The van der Waals surface area contributed by atoms with Gasteiger partial charge < -0.3 is 5.32 Å². The van der Waals surface area contributed by atoms with Crippen molar-refractivity contribution < 1.29 is 0 Å². The summed E-state index contributed by atoms with van der Waals surface area (Å²) in [6.07, 6.45) is 9.85. The minimum absolute atomic E-state index is 0.558. The summed E-state index contributed by atoms with van der Waals surface area (Å²) >= 11 is 2.13. The van der Waals surface area contributed by atoms with E-state index in [1.54, 1.807) is 5.56 Å². The lowest BCUT2D eigenvalue weighted by Crippen LogP contribution is -2.40. The Morgan fingerprint density at radius 2 is 1.95 bits per heavy atom. The van der Waals surface area contributed by atoms with Crippen molar-refractivity contribution in [3.05, 3.63) is 29.8 Å². The van der Waals surface area contributed by atoms with Gasteiger partial charge in [-0.05, 0) is 42.7 Å². The molecule has 0 amide bonds. The fourth-order valence-electron chi connectivity index (χ4n) is 4.03. The van der Waals surface area contributed by atoms with Crippen molar-refractivity contribution in [3.8, 4) is 0 Å². The zero-order valence-electron chi connectivity index (χ0n) is 13.5. The van der Waals surface area contributed by atoms with Gasteiger partial charge in [-0.15, -0.1) is 11.8 Å². The van der Waals surface area contributed by atoms with Gasteiger partial charge in [0.05, 0.1) is 0 Å². The predicted molar refractivity (Wildman–Crippen MR) is 93.1 cm³/mol. The molecule has 1 atom stereocenters. The molecule has 0 saturated heterocycles. The molecule has 1 N–H and O–H groups in total. The highest BCUT2D eigenvalue weighted by molar-refractivity contribution is 8.00. The van der Waals surface area contributed by atoms with Crippen molar-refractivity contribution in [1.29, 1.82) is 0 Å². The van der Waals surface area contributed by atoms with E-state index in [9.17, 15) is 0 Å². The second-order valence-corrected chi connectivity index (χ2v) is 8.69. The Labute approximate surface area is 134 Å². The minimum atomic E-state index is 0.558. The van der Waals surface area contributed by atoms with E-state index < -0.39 is 0 Å². The average Bonchev–Trinajstić information content (AvgIpc) is 2.88. The lowest BCUT2D eigenvalue weighted by atomic mass is 9.70. The van der Waals surface area contributed by atoms with E-state index in [1.165, 1.54) is 56.4 Å². The van der Waals surface area contributed by atoms with Gasteiger partial charge >= 0.3 is 0 Å². The van der Waals surface area contributed by atoms with Gasteiger partial charge in [0.1, 0.15) is 0 Å². The molecule has 1 saturated carbocycles. The molecule has 2 heteroatoms. The molecule has 1 fully saturated rings. The molecule has 1 aromatic carbocycles. The van der Waals surface area contributed by atoms with Crippen LogP contribution in [0.25, 0.3) is 0 Å². The van der Waals surface area contributed by atoms with Crippen LogP contribution in [0.2, 0.25) is 0 Å². The number of rotatable bonds is 5. The second-order valence-electron chi connectivity index (χ2n) is 7.35. The van der Waals surface area contributed by atoms with Crippen LogP contribution < -0.4 is 5.32 Å². The van der Waals surface area contributed by atoms with Crippen molar-refractivity contribution >= 4 is 11.8 Å². The monoisotopic (exact) mass is 303 g/mol. The van der Waals surface area contributed by atoms with Gasteiger partial charge in [0, 0.05) is 22.7 Å². The van der Waals surface area contributed by atoms with Crippen molar-refractivity contribution in [2.75, 3.05) is 6.54 Å². The SMILES string of the molecule is CC(C)NCC1(CC2Cc3ccccc3S2)CCCCC1. The van der Waals surface area contributed by atoms with Gasteiger partial charge in [-0.1, -0.05) is 51.3 Å².